The number of fused-ring (bicyclic) bond motifs is 1. The predicted octanol–water partition coefficient (Wildman–Crippen LogP) is 2.43. The highest BCUT2D eigenvalue weighted by Gasteiger charge is 2.42. The molecule has 1 aliphatic carbocycles. The lowest BCUT2D eigenvalue weighted by Crippen LogP contribution is -2.51. The van der Waals surface area contributed by atoms with Crippen LogP contribution in [0, 0.1) is 5.92 Å². The van der Waals surface area contributed by atoms with E-state index < -0.39 is 28.3 Å². The van der Waals surface area contributed by atoms with Crippen LogP contribution < -0.4 is 5.32 Å². The van der Waals surface area contributed by atoms with Gasteiger partial charge in [-0.25, -0.2) is 13.2 Å². The Balaban J connectivity index is 1.49. The van der Waals surface area contributed by atoms with Crippen molar-refractivity contribution in [3.63, 3.8) is 0 Å². The van der Waals surface area contributed by atoms with Crippen molar-refractivity contribution >= 4 is 16.1 Å². The zero-order valence-electron chi connectivity index (χ0n) is 22.3. The molecular weight excluding hydrogens is 524 g/mol. The Morgan fingerprint density at radius 3 is 2.26 bits per heavy atom. The highest BCUT2D eigenvalue weighted by Crippen LogP contribution is 2.31. The summed E-state index contributed by atoms with van der Waals surface area (Å²) in [6, 6.07) is 14.5. The van der Waals surface area contributed by atoms with Gasteiger partial charge in [0, 0.05) is 25.9 Å². The molecular formula is C28H38N2O8S. The van der Waals surface area contributed by atoms with E-state index in [0.717, 1.165) is 5.56 Å². The third-order valence-electron chi connectivity index (χ3n) is 7.01. The summed E-state index contributed by atoms with van der Waals surface area (Å²) in [6.45, 7) is 3.79. The maximum Gasteiger partial charge on any atom is 0.407 e. The molecule has 0 aromatic heterocycles. The van der Waals surface area contributed by atoms with Crippen LogP contribution in [-0.4, -0.2) is 79.4 Å². The molecule has 2 fully saturated rings. The van der Waals surface area contributed by atoms with Crippen LogP contribution in [0.1, 0.15) is 37.8 Å². The van der Waals surface area contributed by atoms with E-state index in [-0.39, 0.29) is 62.0 Å². The lowest BCUT2D eigenvalue weighted by molar-refractivity contribution is 0.00201. The van der Waals surface area contributed by atoms with Gasteiger partial charge in [0.25, 0.3) is 0 Å². The normalized spacial score (nSPS) is 22.6. The van der Waals surface area contributed by atoms with Gasteiger partial charge < -0.3 is 29.7 Å². The van der Waals surface area contributed by atoms with Gasteiger partial charge in [-0.15, -0.1) is 0 Å². The maximum atomic E-state index is 13.5. The van der Waals surface area contributed by atoms with Gasteiger partial charge in [-0.05, 0) is 35.6 Å². The van der Waals surface area contributed by atoms with E-state index in [1.807, 2.05) is 44.2 Å². The molecule has 0 bridgehead atoms. The molecule has 10 nitrogen and oxygen atoms in total. The van der Waals surface area contributed by atoms with E-state index in [2.05, 4.69) is 5.32 Å². The van der Waals surface area contributed by atoms with E-state index in [4.69, 9.17) is 14.2 Å². The smallest absolute Gasteiger partial charge is 0.407 e. The minimum Gasteiger partial charge on any atom is -0.446 e. The van der Waals surface area contributed by atoms with E-state index in [1.54, 1.807) is 12.1 Å². The number of alkyl carbamates (subject to hydrolysis) is 1. The third-order valence-corrected chi connectivity index (χ3v) is 8.86. The Labute approximate surface area is 229 Å². The highest BCUT2D eigenvalue weighted by atomic mass is 32.2. The molecule has 1 saturated carbocycles. The number of carbonyl (C=O) groups excluding carboxylic acids is 1. The highest BCUT2D eigenvalue weighted by molar-refractivity contribution is 7.89. The monoisotopic (exact) mass is 562 g/mol. The van der Waals surface area contributed by atoms with E-state index in [0.29, 0.717) is 18.4 Å². The fraction of sp³-hybridized carbons (Fsp3) is 0.536. The molecule has 3 N–H and O–H groups in total. The molecule has 1 aliphatic heterocycles. The van der Waals surface area contributed by atoms with Gasteiger partial charge in [0.2, 0.25) is 10.0 Å². The number of carbonyl (C=O) groups is 1. The van der Waals surface area contributed by atoms with Crippen LogP contribution in [0.4, 0.5) is 4.79 Å². The molecule has 1 saturated heterocycles. The first-order valence-corrected chi connectivity index (χ1v) is 14.7. The molecule has 2 aromatic carbocycles. The fourth-order valence-corrected chi connectivity index (χ4v) is 6.62. The Bertz CT molecular complexity index is 1160. The van der Waals surface area contributed by atoms with Crippen LogP contribution in [0.25, 0.3) is 0 Å². The van der Waals surface area contributed by atoms with E-state index >= 15 is 0 Å². The first-order valence-electron chi connectivity index (χ1n) is 13.3. The van der Waals surface area contributed by atoms with Gasteiger partial charge in [-0.1, -0.05) is 56.3 Å². The number of sulfonamides is 1. The molecule has 0 spiro atoms. The number of hydrogen-bond acceptors (Lipinski definition) is 8. The Morgan fingerprint density at radius 2 is 1.67 bits per heavy atom. The van der Waals surface area contributed by atoms with Gasteiger partial charge in [-0.3, -0.25) is 0 Å². The standard InChI is InChI=1S/C28H38N2O8S/c1-19(2)15-30(39(34,35)23-10-8-21(17-31)9-11-23)16-25(32)24(12-20-6-4-3-5-7-20)29-28(33)38-22-13-26-27(14-22)37-18-36-26/h3-11,19,22,24-27,31-32H,12-18H2,1-2H3,(H,29,33)/t22-,24-,25+,26-,27+/m0/s1. The van der Waals surface area contributed by atoms with Crippen molar-refractivity contribution in [1.82, 2.24) is 9.62 Å². The summed E-state index contributed by atoms with van der Waals surface area (Å²) in [5, 5.41) is 23.4. The third kappa shape index (κ3) is 7.77. The molecule has 1 heterocycles. The largest absolute Gasteiger partial charge is 0.446 e. The Morgan fingerprint density at radius 1 is 1.03 bits per heavy atom. The lowest BCUT2D eigenvalue weighted by Gasteiger charge is -2.31. The van der Waals surface area contributed by atoms with Crippen LogP contribution >= 0.6 is 0 Å². The van der Waals surface area contributed by atoms with Gasteiger partial charge >= 0.3 is 6.09 Å². The van der Waals surface area contributed by atoms with Gasteiger partial charge in [0.05, 0.1) is 35.9 Å². The summed E-state index contributed by atoms with van der Waals surface area (Å²) in [5.41, 5.74) is 1.47. The average Bonchev–Trinajstić information content (AvgIpc) is 3.50. The number of hydrogen-bond donors (Lipinski definition) is 3. The fourth-order valence-electron chi connectivity index (χ4n) is 5.00. The number of rotatable bonds is 12. The number of aliphatic hydroxyl groups is 2. The van der Waals surface area contributed by atoms with E-state index in [1.165, 1.54) is 16.4 Å². The molecule has 2 aromatic rings. The zero-order valence-corrected chi connectivity index (χ0v) is 23.1. The summed E-state index contributed by atoms with van der Waals surface area (Å²) >= 11 is 0. The molecule has 2 aliphatic rings. The average molecular weight is 563 g/mol. The minimum atomic E-state index is -3.96. The van der Waals surface area contributed by atoms with Crippen LogP contribution in [0.15, 0.2) is 59.5 Å². The SMILES string of the molecule is CC(C)CN(C[C@@H](O)[C@H](Cc1ccccc1)NC(=O)O[C@H]1C[C@@H]2OCO[C@@H]2C1)S(=O)(=O)c1ccc(CO)cc1. The Hall–Kier alpha value is -2.54. The summed E-state index contributed by atoms with van der Waals surface area (Å²) in [6.07, 6.45) is -1.09. The van der Waals surface area contributed by atoms with Crippen molar-refractivity contribution in [3.8, 4) is 0 Å². The van der Waals surface area contributed by atoms with Crippen molar-refractivity contribution in [2.75, 3.05) is 19.9 Å². The van der Waals surface area contributed by atoms with Crippen molar-refractivity contribution in [1.29, 1.82) is 0 Å². The molecule has 214 valence electrons. The topological polar surface area (TPSA) is 135 Å². The maximum absolute atomic E-state index is 13.5. The van der Waals surface area contributed by atoms with Crippen LogP contribution in [-0.2, 0) is 37.3 Å². The summed E-state index contributed by atoms with van der Waals surface area (Å²) in [4.78, 5) is 13.0. The first-order chi connectivity index (χ1) is 18.7. The van der Waals surface area contributed by atoms with Crippen molar-refractivity contribution < 1.29 is 37.6 Å². The number of amides is 1. The summed E-state index contributed by atoms with van der Waals surface area (Å²) in [5.74, 6) is -0.0135. The number of ether oxygens (including phenoxy) is 3. The quantitative estimate of drug-likeness (QED) is 0.359. The Kier molecular flexibility index (Phi) is 9.97. The molecule has 11 heteroatoms. The first kappa shape index (κ1) is 29.4. The summed E-state index contributed by atoms with van der Waals surface area (Å²) < 4.78 is 45.0. The second kappa shape index (κ2) is 13.2. The van der Waals surface area contributed by atoms with E-state index in [9.17, 15) is 23.4 Å². The molecule has 39 heavy (non-hydrogen) atoms. The van der Waals surface area contributed by atoms with Gasteiger partial charge in [0.1, 0.15) is 12.9 Å². The molecule has 5 atom stereocenters. The zero-order chi connectivity index (χ0) is 28.0. The lowest BCUT2D eigenvalue weighted by atomic mass is 10.0. The number of benzene rings is 2. The van der Waals surface area contributed by atoms with Gasteiger partial charge in [0.15, 0.2) is 0 Å². The predicted molar refractivity (Wildman–Crippen MR) is 143 cm³/mol. The molecule has 0 radical (unpaired) electrons. The van der Waals surface area contributed by atoms with Crippen molar-refractivity contribution in [2.24, 2.45) is 5.92 Å². The van der Waals surface area contributed by atoms with Crippen molar-refractivity contribution in [3.05, 3.63) is 65.7 Å². The van der Waals surface area contributed by atoms with Gasteiger partial charge in [-0.2, -0.15) is 4.31 Å². The number of nitrogens with zero attached hydrogens (tertiary/aromatic N) is 1. The summed E-state index contributed by atoms with van der Waals surface area (Å²) in [7, 11) is -3.96. The second-order valence-corrected chi connectivity index (χ2v) is 12.5. The van der Waals surface area contributed by atoms with Crippen molar-refractivity contribution in [2.45, 2.75) is 75.1 Å². The molecule has 0 unspecified atom stereocenters. The minimum absolute atomic E-state index is 0.0135. The second-order valence-electron chi connectivity index (χ2n) is 10.6. The molecule has 1 amide bonds. The number of aliphatic hydroxyl groups excluding tert-OH is 2. The van der Waals surface area contributed by atoms with Crippen LogP contribution in [0.3, 0.4) is 0 Å². The van der Waals surface area contributed by atoms with Crippen LogP contribution in [0.5, 0.6) is 0 Å². The molecule has 4 rings (SSSR count). The number of nitrogens with one attached hydrogen (secondary N) is 1. The van der Waals surface area contributed by atoms with Crippen LogP contribution in [0.2, 0.25) is 0 Å².